The molecule has 0 saturated heterocycles. The van der Waals surface area contributed by atoms with E-state index < -0.39 is 0 Å². The number of fused-ring (bicyclic) bond motifs is 1. The zero-order chi connectivity index (χ0) is 15.9. The topological polar surface area (TPSA) is 46.5 Å². The van der Waals surface area contributed by atoms with Crippen molar-refractivity contribution in [3.8, 4) is 0 Å². The van der Waals surface area contributed by atoms with Gasteiger partial charge in [-0.15, -0.1) is 0 Å². The Bertz CT molecular complexity index is 802. The summed E-state index contributed by atoms with van der Waals surface area (Å²) in [4.78, 5) is 8.14. The van der Waals surface area contributed by atoms with Gasteiger partial charge in [-0.1, -0.05) is 26.8 Å². The maximum Gasteiger partial charge on any atom is 0.109 e. The van der Waals surface area contributed by atoms with E-state index in [2.05, 4.69) is 62.0 Å². The van der Waals surface area contributed by atoms with Crippen molar-refractivity contribution < 1.29 is 0 Å². The summed E-state index contributed by atoms with van der Waals surface area (Å²) in [6.07, 6.45) is 0.863. The highest BCUT2D eigenvalue weighted by Gasteiger charge is 2.15. The molecule has 0 aliphatic rings. The number of benzene rings is 1. The first-order valence-corrected chi connectivity index (χ1v) is 7.83. The van der Waals surface area contributed by atoms with Crippen molar-refractivity contribution in [1.29, 1.82) is 0 Å². The third-order valence-corrected chi connectivity index (χ3v) is 4.06. The second kappa shape index (κ2) is 5.27. The van der Waals surface area contributed by atoms with Crippen molar-refractivity contribution in [3.05, 3.63) is 47.0 Å². The first-order valence-electron chi connectivity index (χ1n) is 7.83. The van der Waals surface area contributed by atoms with E-state index in [1.54, 1.807) is 0 Å². The predicted molar refractivity (Wildman–Crippen MR) is 90.2 cm³/mol. The molecule has 2 heterocycles. The molecule has 0 spiro atoms. The molecule has 3 rings (SSSR count). The minimum absolute atomic E-state index is 0.156. The van der Waals surface area contributed by atoms with Crippen molar-refractivity contribution >= 4 is 11.0 Å². The van der Waals surface area contributed by atoms with Gasteiger partial charge in [-0.2, -0.15) is 5.10 Å². The van der Waals surface area contributed by atoms with E-state index in [1.807, 2.05) is 11.6 Å². The standard InChI is InChI=1S/C18H24N4/c1-12-10-13(2)22(21-12)9-8-17-19-15-7-6-14(18(3,4)5)11-16(15)20-17/h6-7,10-11H,8-9H2,1-5H3,(H,19,20). The van der Waals surface area contributed by atoms with Gasteiger partial charge in [-0.05, 0) is 43.0 Å². The van der Waals surface area contributed by atoms with Crippen LogP contribution in [-0.2, 0) is 18.4 Å². The van der Waals surface area contributed by atoms with Crippen LogP contribution < -0.4 is 0 Å². The Kier molecular flexibility index (Phi) is 3.55. The van der Waals surface area contributed by atoms with E-state index >= 15 is 0 Å². The van der Waals surface area contributed by atoms with Gasteiger partial charge in [0, 0.05) is 18.7 Å². The highest BCUT2D eigenvalue weighted by Crippen LogP contribution is 2.25. The summed E-state index contributed by atoms with van der Waals surface area (Å²) < 4.78 is 2.04. The van der Waals surface area contributed by atoms with E-state index in [0.29, 0.717) is 0 Å². The Morgan fingerprint density at radius 1 is 1.14 bits per heavy atom. The summed E-state index contributed by atoms with van der Waals surface area (Å²) in [5.74, 6) is 1.02. The fourth-order valence-electron chi connectivity index (χ4n) is 2.76. The smallest absolute Gasteiger partial charge is 0.109 e. The lowest BCUT2D eigenvalue weighted by Crippen LogP contribution is -2.10. The molecule has 0 unspecified atom stereocenters. The number of rotatable bonds is 3. The summed E-state index contributed by atoms with van der Waals surface area (Å²) in [6.45, 7) is 11.7. The van der Waals surface area contributed by atoms with E-state index in [-0.39, 0.29) is 5.41 Å². The Labute approximate surface area is 131 Å². The van der Waals surface area contributed by atoms with Crippen molar-refractivity contribution in [2.75, 3.05) is 0 Å². The summed E-state index contributed by atoms with van der Waals surface area (Å²) in [6, 6.07) is 8.61. The predicted octanol–water partition coefficient (Wildman–Crippen LogP) is 3.92. The third-order valence-electron chi connectivity index (χ3n) is 4.06. The van der Waals surface area contributed by atoms with Crippen molar-refractivity contribution in [1.82, 2.24) is 19.7 Å². The zero-order valence-electron chi connectivity index (χ0n) is 14.1. The monoisotopic (exact) mass is 296 g/mol. The van der Waals surface area contributed by atoms with E-state index in [9.17, 15) is 0 Å². The summed E-state index contributed by atoms with van der Waals surface area (Å²) in [7, 11) is 0. The molecule has 0 radical (unpaired) electrons. The van der Waals surface area contributed by atoms with Crippen LogP contribution in [-0.4, -0.2) is 19.7 Å². The van der Waals surface area contributed by atoms with Crippen molar-refractivity contribution in [2.24, 2.45) is 0 Å². The van der Waals surface area contributed by atoms with Crippen LogP contribution in [0.4, 0.5) is 0 Å². The van der Waals surface area contributed by atoms with Gasteiger partial charge in [0.05, 0.1) is 16.7 Å². The molecule has 3 aromatic rings. The average Bonchev–Trinajstić information content (AvgIpc) is 2.97. The number of aromatic amines is 1. The first kappa shape index (κ1) is 14.8. The van der Waals surface area contributed by atoms with Crippen LogP contribution in [0.5, 0.6) is 0 Å². The Morgan fingerprint density at radius 3 is 2.55 bits per heavy atom. The molecule has 0 bridgehead atoms. The second-order valence-corrected chi connectivity index (χ2v) is 7.07. The molecule has 0 aliphatic carbocycles. The number of nitrogens with one attached hydrogen (secondary N) is 1. The van der Waals surface area contributed by atoms with Crippen LogP contribution in [0.2, 0.25) is 0 Å². The third kappa shape index (κ3) is 2.91. The van der Waals surface area contributed by atoms with Gasteiger partial charge in [0.1, 0.15) is 5.82 Å². The number of hydrogen-bond acceptors (Lipinski definition) is 2. The van der Waals surface area contributed by atoms with Crippen LogP contribution in [0.3, 0.4) is 0 Å². The highest BCUT2D eigenvalue weighted by molar-refractivity contribution is 5.76. The number of H-pyrrole nitrogens is 1. The Hall–Kier alpha value is -2.10. The highest BCUT2D eigenvalue weighted by atomic mass is 15.3. The molecule has 2 aromatic heterocycles. The molecule has 1 aromatic carbocycles. The lowest BCUT2D eigenvalue weighted by atomic mass is 9.87. The zero-order valence-corrected chi connectivity index (χ0v) is 14.1. The number of aromatic nitrogens is 4. The summed E-state index contributed by atoms with van der Waals surface area (Å²) in [5.41, 5.74) is 5.91. The SMILES string of the molecule is Cc1cc(C)n(CCc2nc3ccc(C(C)(C)C)cc3[nH]2)n1. The van der Waals surface area contributed by atoms with Gasteiger partial charge in [0.2, 0.25) is 0 Å². The van der Waals surface area contributed by atoms with Crippen LogP contribution in [0.15, 0.2) is 24.3 Å². The largest absolute Gasteiger partial charge is 0.342 e. The van der Waals surface area contributed by atoms with Gasteiger partial charge in [-0.25, -0.2) is 4.98 Å². The normalized spacial score (nSPS) is 12.2. The molecule has 116 valence electrons. The first-order chi connectivity index (χ1) is 10.3. The molecule has 4 nitrogen and oxygen atoms in total. The number of nitrogens with zero attached hydrogens (tertiary/aromatic N) is 3. The van der Waals surface area contributed by atoms with Gasteiger partial charge < -0.3 is 4.98 Å². The maximum atomic E-state index is 4.69. The molecular formula is C18H24N4. The van der Waals surface area contributed by atoms with Crippen molar-refractivity contribution in [3.63, 3.8) is 0 Å². The van der Waals surface area contributed by atoms with Gasteiger partial charge in [0.15, 0.2) is 0 Å². The molecule has 0 saturated carbocycles. The molecule has 0 fully saturated rings. The average molecular weight is 296 g/mol. The fourth-order valence-corrected chi connectivity index (χ4v) is 2.76. The minimum Gasteiger partial charge on any atom is -0.342 e. The van der Waals surface area contributed by atoms with Crippen LogP contribution in [0.1, 0.15) is 43.5 Å². The number of hydrogen-bond donors (Lipinski definition) is 1. The van der Waals surface area contributed by atoms with E-state index in [1.165, 1.54) is 11.3 Å². The summed E-state index contributed by atoms with van der Waals surface area (Å²) in [5, 5.41) is 4.50. The fraction of sp³-hybridized carbons (Fsp3) is 0.444. The quantitative estimate of drug-likeness (QED) is 0.796. The van der Waals surface area contributed by atoms with Gasteiger partial charge in [-0.3, -0.25) is 4.68 Å². The molecule has 0 amide bonds. The molecular weight excluding hydrogens is 272 g/mol. The second-order valence-electron chi connectivity index (χ2n) is 7.07. The lowest BCUT2D eigenvalue weighted by Gasteiger charge is -2.18. The minimum atomic E-state index is 0.156. The summed E-state index contributed by atoms with van der Waals surface area (Å²) >= 11 is 0. The number of imidazole rings is 1. The molecule has 22 heavy (non-hydrogen) atoms. The van der Waals surface area contributed by atoms with Crippen LogP contribution in [0.25, 0.3) is 11.0 Å². The van der Waals surface area contributed by atoms with E-state index in [0.717, 1.165) is 35.5 Å². The Balaban J connectivity index is 1.81. The van der Waals surface area contributed by atoms with Gasteiger partial charge >= 0.3 is 0 Å². The molecule has 0 aliphatic heterocycles. The Morgan fingerprint density at radius 2 is 1.91 bits per heavy atom. The van der Waals surface area contributed by atoms with Crippen molar-refractivity contribution in [2.45, 2.75) is 53.0 Å². The van der Waals surface area contributed by atoms with Gasteiger partial charge in [0.25, 0.3) is 0 Å². The van der Waals surface area contributed by atoms with E-state index in [4.69, 9.17) is 4.98 Å². The number of aryl methyl sites for hydroxylation is 4. The molecule has 4 heteroatoms. The van der Waals surface area contributed by atoms with Crippen LogP contribution >= 0.6 is 0 Å². The maximum absolute atomic E-state index is 4.69. The molecule has 0 atom stereocenters. The molecule has 1 N–H and O–H groups in total. The van der Waals surface area contributed by atoms with Crippen LogP contribution in [0, 0.1) is 13.8 Å². The lowest BCUT2D eigenvalue weighted by molar-refractivity contribution is 0.584.